The van der Waals surface area contributed by atoms with Crippen molar-refractivity contribution in [1.82, 2.24) is 9.80 Å². The monoisotopic (exact) mass is 383 g/mol. The summed E-state index contributed by atoms with van der Waals surface area (Å²) < 4.78 is 5.77. The number of carbonyl (C=O) groups excluding carboxylic acids is 2. The van der Waals surface area contributed by atoms with Crippen molar-refractivity contribution < 1.29 is 14.3 Å². The van der Waals surface area contributed by atoms with E-state index in [1.54, 1.807) is 11.8 Å². The predicted molar refractivity (Wildman–Crippen MR) is 105 cm³/mol. The summed E-state index contributed by atoms with van der Waals surface area (Å²) in [7, 11) is 0. The molecule has 1 fully saturated rings. The van der Waals surface area contributed by atoms with E-state index in [4.69, 9.17) is 10.5 Å². The van der Waals surface area contributed by atoms with Crippen LogP contribution in [-0.4, -0.2) is 60.4 Å². The van der Waals surface area contributed by atoms with Gasteiger partial charge in [-0.3, -0.25) is 9.59 Å². The summed E-state index contributed by atoms with van der Waals surface area (Å²) in [6.45, 7) is 6.65. The third-order valence-electron chi connectivity index (χ3n) is 4.53. The van der Waals surface area contributed by atoms with Crippen LogP contribution in [0.15, 0.2) is 24.3 Å². The minimum atomic E-state index is -0.535. The Labute approximate surface area is 162 Å². The van der Waals surface area contributed by atoms with Gasteiger partial charge < -0.3 is 20.3 Å². The third kappa shape index (κ3) is 6.18. The molecule has 6 nitrogen and oxygen atoms in total. The number of hydrogen-bond acceptors (Lipinski definition) is 4. The first kappa shape index (κ1) is 22.3. The van der Waals surface area contributed by atoms with Crippen LogP contribution in [-0.2, 0) is 16.0 Å². The van der Waals surface area contributed by atoms with E-state index in [0.29, 0.717) is 51.3 Å². The zero-order valence-corrected chi connectivity index (χ0v) is 16.5. The van der Waals surface area contributed by atoms with E-state index in [1.165, 1.54) is 5.56 Å². The zero-order valence-electron chi connectivity index (χ0n) is 15.6. The van der Waals surface area contributed by atoms with Crippen LogP contribution < -0.4 is 10.5 Å². The number of amides is 2. The van der Waals surface area contributed by atoms with Gasteiger partial charge in [-0.1, -0.05) is 19.1 Å². The molecule has 2 rings (SSSR count). The molecule has 0 bridgehead atoms. The van der Waals surface area contributed by atoms with E-state index in [9.17, 15) is 9.59 Å². The lowest BCUT2D eigenvalue weighted by atomic mass is 10.2. The first-order valence-corrected chi connectivity index (χ1v) is 9.07. The summed E-state index contributed by atoms with van der Waals surface area (Å²) >= 11 is 0. The van der Waals surface area contributed by atoms with E-state index in [1.807, 2.05) is 29.2 Å². The highest BCUT2D eigenvalue weighted by atomic mass is 35.5. The van der Waals surface area contributed by atoms with Crippen LogP contribution in [0.2, 0.25) is 0 Å². The summed E-state index contributed by atoms with van der Waals surface area (Å²) in [6, 6.07) is 7.82. The maximum Gasteiger partial charge on any atom is 0.263 e. The molecule has 26 heavy (non-hydrogen) atoms. The van der Waals surface area contributed by atoms with Crippen molar-refractivity contribution in [2.45, 2.75) is 39.2 Å². The number of benzene rings is 1. The minimum Gasteiger partial charge on any atom is -0.481 e. The second kappa shape index (κ2) is 11.0. The Balaban J connectivity index is 0.00000338. The number of halogens is 1. The van der Waals surface area contributed by atoms with Gasteiger partial charge in [0.1, 0.15) is 5.75 Å². The summed E-state index contributed by atoms with van der Waals surface area (Å²) in [4.78, 5) is 28.1. The first-order valence-electron chi connectivity index (χ1n) is 9.07. The highest BCUT2D eigenvalue weighted by Crippen LogP contribution is 2.16. The number of nitrogens with two attached hydrogens (primary N) is 1. The van der Waals surface area contributed by atoms with Gasteiger partial charge in [-0.2, -0.15) is 0 Å². The molecule has 1 atom stereocenters. The second-order valence-corrected chi connectivity index (χ2v) is 6.36. The fraction of sp³-hybridized carbons (Fsp3) is 0.579. The van der Waals surface area contributed by atoms with Gasteiger partial charge in [-0.15, -0.1) is 12.4 Å². The lowest BCUT2D eigenvalue weighted by molar-refractivity contribution is -0.143. The molecule has 0 aliphatic carbocycles. The van der Waals surface area contributed by atoms with Gasteiger partial charge in [0, 0.05) is 32.6 Å². The molecular formula is C19H30ClN3O3. The standard InChI is InChI=1S/C19H29N3O3.ClH/c1-3-16-6-8-17(9-7-16)25-15(2)19(24)22-13-11-21(12-14-22)18(23)5-4-10-20;/h6-9,15H,3-5,10-14,20H2,1-2H3;1H. The van der Waals surface area contributed by atoms with Crippen molar-refractivity contribution in [3.63, 3.8) is 0 Å². The predicted octanol–water partition coefficient (Wildman–Crippen LogP) is 1.85. The van der Waals surface area contributed by atoms with Crippen LogP contribution in [0, 0.1) is 0 Å². The number of nitrogens with zero attached hydrogens (tertiary/aromatic N) is 2. The van der Waals surface area contributed by atoms with Crippen molar-refractivity contribution in [2.75, 3.05) is 32.7 Å². The fourth-order valence-corrected chi connectivity index (χ4v) is 2.90. The molecule has 1 aromatic rings. The lowest BCUT2D eigenvalue weighted by Crippen LogP contribution is -2.53. The van der Waals surface area contributed by atoms with Crippen LogP contribution in [0.25, 0.3) is 0 Å². The Morgan fingerprint density at radius 3 is 2.23 bits per heavy atom. The Bertz CT molecular complexity index is 572. The molecule has 146 valence electrons. The van der Waals surface area contributed by atoms with Gasteiger partial charge >= 0.3 is 0 Å². The Kier molecular flexibility index (Phi) is 9.44. The first-order chi connectivity index (χ1) is 12.0. The molecule has 1 saturated heterocycles. The molecule has 0 aromatic heterocycles. The van der Waals surface area contributed by atoms with E-state index < -0.39 is 6.10 Å². The molecule has 1 aromatic carbocycles. The van der Waals surface area contributed by atoms with Crippen LogP contribution in [0.3, 0.4) is 0 Å². The molecule has 0 saturated carbocycles. The molecular weight excluding hydrogens is 354 g/mol. The van der Waals surface area contributed by atoms with E-state index in [-0.39, 0.29) is 24.2 Å². The van der Waals surface area contributed by atoms with Gasteiger partial charge in [0.2, 0.25) is 5.91 Å². The second-order valence-electron chi connectivity index (χ2n) is 6.36. The van der Waals surface area contributed by atoms with Gasteiger partial charge in [0.25, 0.3) is 5.91 Å². The highest BCUT2D eigenvalue weighted by molar-refractivity contribution is 5.85. The Morgan fingerprint density at radius 2 is 1.69 bits per heavy atom. The average Bonchev–Trinajstić information content (AvgIpc) is 2.66. The van der Waals surface area contributed by atoms with Crippen LogP contribution in [0.1, 0.15) is 32.3 Å². The number of piperazine rings is 1. The molecule has 0 spiro atoms. The number of hydrogen-bond donors (Lipinski definition) is 1. The summed E-state index contributed by atoms with van der Waals surface area (Å²) in [5.74, 6) is 0.792. The zero-order chi connectivity index (χ0) is 18.2. The van der Waals surface area contributed by atoms with Crippen LogP contribution >= 0.6 is 12.4 Å². The number of rotatable bonds is 7. The highest BCUT2D eigenvalue weighted by Gasteiger charge is 2.27. The molecule has 7 heteroatoms. The van der Waals surface area contributed by atoms with Crippen molar-refractivity contribution >= 4 is 24.2 Å². The van der Waals surface area contributed by atoms with Gasteiger partial charge in [0.05, 0.1) is 0 Å². The number of aryl methyl sites for hydroxylation is 1. The van der Waals surface area contributed by atoms with E-state index in [2.05, 4.69) is 6.92 Å². The fourth-order valence-electron chi connectivity index (χ4n) is 2.90. The summed E-state index contributed by atoms with van der Waals surface area (Å²) in [5.41, 5.74) is 6.68. The maximum absolute atomic E-state index is 12.6. The number of carbonyl (C=O) groups is 2. The summed E-state index contributed by atoms with van der Waals surface area (Å²) in [6.07, 6.45) is 1.63. The molecule has 1 unspecified atom stereocenters. The van der Waals surface area contributed by atoms with Crippen LogP contribution in [0.5, 0.6) is 5.75 Å². The van der Waals surface area contributed by atoms with Gasteiger partial charge in [-0.25, -0.2) is 0 Å². The molecule has 0 radical (unpaired) electrons. The topological polar surface area (TPSA) is 75.9 Å². The molecule has 1 heterocycles. The smallest absolute Gasteiger partial charge is 0.263 e. The summed E-state index contributed by atoms with van der Waals surface area (Å²) in [5, 5.41) is 0. The quantitative estimate of drug-likeness (QED) is 0.779. The number of ether oxygens (including phenoxy) is 1. The maximum atomic E-state index is 12.6. The minimum absolute atomic E-state index is 0. The normalized spacial score (nSPS) is 15.2. The van der Waals surface area contributed by atoms with Gasteiger partial charge in [0.15, 0.2) is 6.10 Å². The lowest BCUT2D eigenvalue weighted by Gasteiger charge is -2.36. The molecule has 1 aliphatic heterocycles. The Morgan fingerprint density at radius 1 is 1.12 bits per heavy atom. The molecule has 2 N–H and O–H groups in total. The Hall–Kier alpha value is -1.79. The largest absolute Gasteiger partial charge is 0.481 e. The van der Waals surface area contributed by atoms with Crippen molar-refractivity contribution in [1.29, 1.82) is 0 Å². The average molecular weight is 384 g/mol. The van der Waals surface area contributed by atoms with E-state index >= 15 is 0 Å². The third-order valence-corrected chi connectivity index (χ3v) is 4.53. The molecule has 2 amide bonds. The van der Waals surface area contributed by atoms with Crippen molar-refractivity contribution in [3.8, 4) is 5.75 Å². The van der Waals surface area contributed by atoms with Crippen molar-refractivity contribution in [2.24, 2.45) is 5.73 Å². The van der Waals surface area contributed by atoms with Crippen LogP contribution in [0.4, 0.5) is 0 Å². The van der Waals surface area contributed by atoms with Crippen molar-refractivity contribution in [3.05, 3.63) is 29.8 Å². The molecule has 1 aliphatic rings. The SMILES string of the molecule is CCc1ccc(OC(C)C(=O)N2CCN(C(=O)CCCN)CC2)cc1.Cl. The van der Waals surface area contributed by atoms with E-state index in [0.717, 1.165) is 6.42 Å². The van der Waals surface area contributed by atoms with Gasteiger partial charge in [-0.05, 0) is 44.0 Å².